The van der Waals surface area contributed by atoms with Crippen molar-refractivity contribution < 1.29 is 9.53 Å². The zero-order valence-corrected chi connectivity index (χ0v) is 14.3. The fourth-order valence-electron chi connectivity index (χ4n) is 3.81. The fraction of sp³-hybridized carbons (Fsp3) is 0.588. The second kappa shape index (κ2) is 6.71. The van der Waals surface area contributed by atoms with Gasteiger partial charge in [0.2, 0.25) is 5.91 Å². The van der Waals surface area contributed by atoms with Gasteiger partial charge in [0.15, 0.2) is 0 Å². The lowest BCUT2D eigenvalue weighted by molar-refractivity contribution is -0.118. The number of carbonyl (C=O) groups excluding carboxylic acids is 1. The van der Waals surface area contributed by atoms with Gasteiger partial charge in [-0.15, -0.1) is 0 Å². The molecule has 1 N–H and O–H groups in total. The van der Waals surface area contributed by atoms with Crippen LogP contribution in [0, 0.1) is 0 Å². The molecule has 1 aliphatic carbocycles. The molecule has 5 heteroatoms. The van der Waals surface area contributed by atoms with E-state index in [1.54, 1.807) is 0 Å². The number of nitrogens with one attached hydrogen (secondary N) is 1. The number of hydrogen-bond donors (Lipinski definition) is 2. The average molecular weight is 340 g/mol. The lowest BCUT2D eigenvalue weighted by Crippen LogP contribution is -2.39. The molecule has 2 aliphatic rings. The molecule has 0 radical (unpaired) electrons. The largest absolute Gasteiger partial charge is 0.493 e. The first-order chi connectivity index (χ1) is 10.7. The van der Waals surface area contributed by atoms with Crippen LogP contribution in [0.3, 0.4) is 0 Å². The summed E-state index contributed by atoms with van der Waals surface area (Å²) in [6.07, 6.45) is 7.09. The van der Waals surface area contributed by atoms with E-state index in [2.05, 4.69) is 17.9 Å². The van der Waals surface area contributed by atoms with E-state index in [-0.39, 0.29) is 11.3 Å². The zero-order chi connectivity index (χ0) is 15.6. The van der Waals surface area contributed by atoms with Gasteiger partial charge in [-0.25, -0.2) is 0 Å². The van der Waals surface area contributed by atoms with Crippen molar-refractivity contribution in [1.29, 1.82) is 0 Å². The monoisotopic (exact) mass is 339 g/mol. The Kier molecular flexibility index (Phi) is 4.88. The topological polar surface area (TPSA) is 38.3 Å². The molecule has 1 aliphatic heterocycles. The van der Waals surface area contributed by atoms with E-state index in [1.165, 1.54) is 6.42 Å². The van der Waals surface area contributed by atoms with E-state index in [1.807, 2.05) is 12.1 Å². The van der Waals surface area contributed by atoms with E-state index in [0.717, 1.165) is 54.9 Å². The number of benzene rings is 1. The Labute approximate surface area is 142 Å². The summed E-state index contributed by atoms with van der Waals surface area (Å²) in [6, 6.07) is 3.77. The maximum absolute atomic E-state index is 12.2. The van der Waals surface area contributed by atoms with Gasteiger partial charge in [0.05, 0.1) is 17.3 Å². The van der Waals surface area contributed by atoms with Gasteiger partial charge in [0.25, 0.3) is 0 Å². The first-order valence-corrected chi connectivity index (χ1v) is 9.04. The van der Waals surface area contributed by atoms with Gasteiger partial charge in [0.1, 0.15) is 5.75 Å². The molecule has 0 bridgehead atoms. The Hall–Kier alpha value is -0.870. The van der Waals surface area contributed by atoms with Crippen molar-refractivity contribution in [2.75, 3.05) is 17.7 Å². The van der Waals surface area contributed by atoms with Gasteiger partial charge in [-0.3, -0.25) is 4.79 Å². The third kappa shape index (κ3) is 2.95. The van der Waals surface area contributed by atoms with Crippen LogP contribution in [-0.2, 0) is 10.2 Å². The van der Waals surface area contributed by atoms with Gasteiger partial charge in [0, 0.05) is 17.4 Å². The normalized spacial score (nSPS) is 19.6. The van der Waals surface area contributed by atoms with Crippen LogP contribution in [0.5, 0.6) is 5.75 Å². The van der Waals surface area contributed by atoms with Gasteiger partial charge in [-0.05, 0) is 37.1 Å². The van der Waals surface area contributed by atoms with Crippen LogP contribution >= 0.6 is 24.2 Å². The molecule has 1 spiro atoms. The molecule has 1 aromatic carbocycles. The van der Waals surface area contributed by atoms with Gasteiger partial charge in [-0.2, -0.15) is 12.6 Å². The van der Waals surface area contributed by atoms with Crippen molar-refractivity contribution in [1.82, 2.24) is 0 Å². The van der Waals surface area contributed by atoms with Crippen LogP contribution in [0.25, 0.3) is 0 Å². The smallest absolute Gasteiger partial charge is 0.225 e. The summed E-state index contributed by atoms with van der Waals surface area (Å²) in [5, 5.41) is 3.57. The van der Waals surface area contributed by atoms with Crippen molar-refractivity contribution in [3.63, 3.8) is 0 Å². The maximum atomic E-state index is 12.2. The Bertz CT molecular complexity index is 570. The lowest BCUT2D eigenvalue weighted by atomic mass is 9.65. The molecule has 1 heterocycles. The van der Waals surface area contributed by atoms with E-state index in [9.17, 15) is 4.79 Å². The quantitative estimate of drug-likeness (QED) is 0.622. The molecular formula is C17H22ClNO2S. The van der Waals surface area contributed by atoms with Crippen LogP contribution in [0.2, 0.25) is 5.02 Å². The van der Waals surface area contributed by atoms with Gasteiger partial charge < -0.3 is 10.1 Å². The highest BCUT2D eigenvalue weighted by Crippen LogP contribution is 2.52. The highest BCUT2D eigenvalue weighted by molar-refractivity contribution is 7.80. The molecule has 1 fully saturated rings. The molecule has 0 unspecified atom stereocenters. The van der Waals surface area contributed by atoms with Crippen molar-refractivity contribution in [2.24, 2.45) is 0 Å². The standard InChI is InChI=1S/C17H22ClNO2S/c18-12-5-6-13(21-9-4-10-22)15-16(12)19-14(20)11-17(15)7-2-1-3-8-17/h5-6,22H,1-4,7-11H2,(H,19,20). The summed E-state index contributed by atoms with van der Waals surface area (Å²) in [4.78, 5) is 12.2. The average Bonchev–Trinajstić information content (AvgIpc) is 2.51. The molecule has 22 heavy (non-hydrogen) atoms. The number of thiol groups is 1. The zero-order valence-electron chi connectivity index (χ0n) is 12.7. The third-order valence-electron chi connectivity index (χ3n) is 4.78. The number of carbonyl (C=O) groups is 1. The Morgan fingerprint density at radius 2 is 2.05 bits per heavy atom. The number of hydrogen-bond acceptors (Lipinski definition) is 3. The number of anilines is 1. The minimum Gasteiger partial charge on any atom is -0.493 e. The first-order valence-electron chi connectivity index (χ1n) is 8.03. The summed E-state index contributed by atoms with van der Waals surface area (Å²) >= 11 is 10.6. The number of fused-ring (bicyclic) bond motifs is 2. The van der Waals surface area contributed by atoms with E-state index in [4.69, 9.17) is 16.3 Å². The van der Waals surface area contributed by atoms with Crippen molar-refractivity contribution in [3.05, 3.63) is 22.7 Å². The highest BCUT2D eigenvalue weighted by Gasteiger charge is 2.43. The van der Waals surface area contributed by atoms with E-state index >= 15 is 0 Å². The Balaban J connectivity index is 2.04. The summed E-state index contributed by atoms with van der Waals surface area (Å²) < 4.78 is 6.00. The van der Waals surface area contributed by atoms with Crippen molar-refractivity contribution in [3.8, 4) is 5.75 Å². The van der Waals surface area contributed by atoms with Crippen LogP contribution in [0.1, 0.15) is 50.5 Å². The van der Waals surface area contributed by atoms with Gasteiger partial charge in [-0.1, -0.05) is 30.9 Å². The molecule has 1 aromatic rings. The molecule has 0 saturated heterocycles. The Morgan fingerprint density at radius 1 is 1.27 bits per heavy atom. The molecule has 0 atom stereocenters. The number of ether oxygens (including phenoxy) is 1. The predicted octanol–water partition coefficient (Wildman–Crippen LogP) is 4.58. The van der Waals surface area contributed by atoms with Crippen LogP contribution < -0.4 is 10.1 Å². The molecule has 3 nitrogen and oxygen atoms in total. The molecule has 1 saturated carbocycles. The maximum Gasteiger partial charge on any atom is 0.225 e. The van der Waals surface area contributed by atoms with Crippen LogP contribution in [0.15, 0.2) is 12.1 Å². The number of amides is 1. The fourth-order valence-corrected chi connectivity index (χ4v) is 4.14. The SMILES string of the molecule is O=C1CC2(CCCCC2)c2c(OCCCS)ccc(Cl)c2N1. The molecular weight excluding hydrogens is 318 g/mol. The summed E-state index contributed by atoms with van der Waals surface area (Å²) in [6.45, 7) is 0.640. The summed E-state index contributed by atoms with van der Waals surface area (Å²) in [7, 11) is 0. The Morgan fingerprint density at radius 3 is 2.77 bits per heavy atom. The minimum atomic E-state index is -0.100. The minimum absolute atomic E-state index is 0.0730. The third-order valence-corrected chi connectivity index (χ3v) is 5.41. The molecule has 3 rings (SSSR count). The van der Waals surface area contributed by atoms with Gasteiger partial charge >= 0.3 is 0 Å². The second-order valence-electron chi connectivity index (χ2n) is 6.29. The first kappa shape index (κ1) is 16.0. The van der Waals surface area contributed by atoms with Crippen LogP contribution in [-0.4, -0.2) is 18.3 Å². The molecule has 120 valence electrons. The summed E-state index contributed by atoms with van der Waals surface area (Å²) in [5.41, 5.74) is 1.79. The summed E-state index contributed by atoms with van der Waals surface area (Å²) in [5.74, 6) is 1.75. The molecule has 0 aromatic heterocycles. The highest BCUT2D eigenvalue weighted by atomic mass is 35.5. The lowest BCUT2D eigenvalue weighted by Gasteiger charge is -2.42. The number of halogens is 1. The van der Waals surface area contributed by atoms with Crippen LogP contribution in [0.4, 0.5) is 5.69 Å². The van der Waals surface area contributed by atoms with E-state index in [0.29, 0.717) is 18.1 Å². The van der Waals surface area contributed by atoms with Crippen molar-refractivity contribution in [2.45, 2.75) is 50.4 Å². The second-order valence-corrected chi connectivity index (χ2v) is 7.14. The molecule has 1 amide bonds. The predicted molar refractivity (Wildman–Crippen MR) is 93.4 cm³/mol. The number of rotatable bonds is 4. The van der Waals surface area contributed by atoms with Crippen molar-refractivity contribution >= 4 is 35.8 Å². The van der Waals surface area contributed by atoms with E-state index < -0.39 is 0 Å².